The van der Waals surface area contributed by atoms with E-state index in [4.69, 9.17) is 4.74 Å². The van der Waals surface area contributed by atoms with Crippen molar-refractivity contribution in [3.8, 4) is 0 Å². The van der Waals surface area contributed by atoms with E-state index in [0.717, 1.165) is 13.1 Å². The summed E-state index contributed by atoms with van der Waals surface area (Å²) in [6.45, 7) is 2.84. The summed E-state index contributed by atoms with van der Waals surface area (Å²) in [4.78, 5) is 13.5. The van der Waals surface area contributed by atoms with Crippen LogP contribution in [-0.4, -0.2) is 57.1 Å². The number of hydrogen-bond acceptors (Lipinski definition) is 7. The maximum atomic E-state index is 10.6. The number of aliphatic hydroxyl groups is 1. The molecular weight excluding hydrogens is 320 g/mol. The van der Waals surface area contributed by atoms with Crippen molar-refractivity contribution in [2.24, 2.45) is 0 Å². The Balaban J connectivity index is 1.52. The highest BCUT2D eigenvalue weighted by Gasteiger charge is 2.24. The van der Waals surface area contributed by atoms with E-state index in [2.05, 4.69) is 16.1 Å². The lowest BCUT2D eigenvalue weighted by Crippen LogP contribution is -2.43. The molecule has 0 bridgehead atoms. The first-order chi connectivity index (χ1) is 11.1. The van der Waals surface area contributed by atoms with Crippen LogP contribution in [0.25, 0.3) is 0 Å². The number of aliphatic hydroxyl groups excluding tert-OH is 1. The lowest BCUT2D eigenvalue weighted by atomic mass is 10.2. The molecule has 2 unspecified atom stereocenters. The van der Waals surface area contributed by atoms with Crippen molar-refractivity contribution in [1.82, 2.24) is 14.7 Å². The van der Waals surface area contributed by atoms with Gasteiger partial charge in [-0.05, 0) is 11.4 Å². The summed E-state index contributed by atoms with van der Waals surface area (Å²) < 4.78 is 7.18. The molecule has 1 aliphatic rings. The van der Waals surface area contributed by atoms with Crippen molar-refractivity contribution in [3.05, 3.63) is 44.9 Å². The predicted molar refractivity (Wildman–Crippen MR) is 84.3 cm³/mol. The Labute approximate surface area is 137 Å². The van der Waals surface area contributed by atoms with Crippen LogP contribution in [-0.2, 0) is 11.3 Å². The molecule has 0 aliphatic carbocycles. The summed E-state index contributed by atoms with van der Waals surface area (Å²) >= 11 is 1.67. The normalized spacial score (nSPS) is 20.5. The second-order valence-electron chi connectivity index (χ2n) is 5.47. The predicted octanol–water partition coefficient (Wildman–Crippen LogP) is 1.29. The zero-order valence-corrected chi connectivity index (χ0v) is 13.3. The highest BCUT2D eigenvalue weighted by atomic mass is 32.1. The fourth-order valence-corrected chi connectivity index (χ4v) is 3.40. The molecule has 0 spiro atoms. The van der Waals surface area contributed by atoms with Crippen LogP contribution in [0.15, 0.2) is 29.9 Å². The first-order valence-electron chi connectivity index (χ1n) is 7.34. The monoisotopic (exact) mass is 338 g/mol. The molecule has 2 aromatic heterocycles. The molecule has 2 atom stereocenters. The Morgan fingerprint density at radius 2 is 2.43 bits per heavy atom. The van der Waals surface area contributed by atoms with Crippen LogP contribution < -0.4 is 0 Å². The van der Waals surface area contributed by atoms with Crippen LogP contribution in [0.3, 0.4) is 0 Å². The third kappa shape index (κ3) is 4.14. The Morgan fingerprint density at radius 1 is 1.57 bits per heavy atom. The molecule has 9 heteroatoms. The minimum absolute atomic E-state index is 0.0433. The van der Waals surface area contributed by atoms with Crippen molar-refractivity contribution in [2.75, 3.05) is 26.2 Å². The van der Waals surface area contributed by atoms with Gasteiger partial charge in [0.25, 0.3) is 0 Å². The molecule has 1 aliphatic heterocycles. The Kier molecular flexibility index (Phi) is 5.01. The summed E-state index contributed by atoms with van der Waals surface area (Å²) in [7, 11) is 0. The number of morpholine rings is 1. The van der Waals surface area contributed by atoms with Crippen molar-refractivity contribution in [1.29, 1.82) is 0 Å². The number of β-amino-alcohol motifs (C(OH)–C–C–N with tert-alkyl or cyclic N) is 1. The van der Waals surface area contributed by atoms with E-state index in [1.807, 2.05) is 11.4 Å². The molecule has 3 rings (SSSR count). The van der Waals surface area contributed by atoms with Gasteiger partial charge >= 0.3 is 5.69 Å². The van der Waals surface area contributed by atoms with Gasteiger partial charge in [0.15, 0.2) is 0 Å². The van der Waals surface area contributed by atoms with E-state index in [1.165, 1.54) is 22.0 Å². The fourth-order valence-electron chi connectivity index (χ4n) is 2.63. The first kappa shape index (κ1) is 16.1. The number of aromatic nitrogens is 2. The van der Waals surface area contributed by atoms with Gasteiger partial charge in [0.2, 0.25) is 0 Å². The summed E-state index contributed by atoms with van der Waals surface area (Å²) in [5, 5.41) is 26.8. The molecule has 8 nitrogen and oxygen atoms in total. The minimum atomic E-state index is -0.642. The molecule has 1 N–H and O–H groups in total. The molecule has 3 heterocycles. The number of hydrogen-bond donors (Lipinski definition) is 1. The zero-order valence-electron chi connectivity index (χ0n) is 12.4. The highest BCUT2D eigenvalue weighted by Crippen LogP contribution is 2.26. The average Bonchev–Trinajstić information content (AvgIpc) is 3.18. The number of thiophene rings is 1. The summed E-state index contributed by atoms with van der Waals surface area (Å²) in [5.74, 6) is 0. The average molecular weight is 338 g/mol. The number of rotatable bonds is 6. The Hall–Kier alpha value is -1.81. The van der Waals surface area contributed by atoms with E-state index in [0.29, 0.717) is 13.2 Å². The largest absolute Gasteiger partial charge is 0.390 e. The number of ether oxygens (including phenoxy) is 1. The maximum Gasteiger partial charge on any atom is 0.306 e. The zero-order chi connectivity index (χ0) is 16.2. The molecule has 0 saturated carbocycles. The third-order valence-electron chi connectivity index (χ3n) is 3.71. The molecule has 0 amide bonds. The SMILES string of the molecule is O=[N+]([O-])c1cnn(CC(O)CN2CCOC(c3cccs3)C2)c1. The van der Waals surface area contributed by atoms with Crippen LogP contribution in [0.4, 0.5) is 5.69 Å². The van der Waals surface area contributed by atoms with Crippen molar-refractivity contribution >= 4 is 17.0 Å². The summed E-state index contributed by atoms with van der Waals surface area (Å²) in [6.07, 6.45) is 1.92. The van der Waals surface area contributed by atoms with E-state index in [9.17, 15) is 15.2 Å². The van der Waals surface area contributed by atoms with Gasteiger partial charge in [-0.15, -0.1) is 11.3 Å². The Bertz CT molecular complexity index is 645. The van der Waals surface area contributed by atoms with Crippen LogP contribution in [0.5, 0.6) is 0 Å². The smallest absolute Gasteiger partial charge is 0.306 e. The van der Waals surface area contributed by atoms with Gasteiger partial charge in [0, 0.05) is 24.5 Å². The quantitative estimate of drug-likeness (QED) is 0.630. The van der Waals surface area contributed by atoms with Crippen LogP contribution in [0, 0.1) is 10.1 Å². The second kappa shape index (κ2) is 7.18. The molecule has 124 valence electrons. The highest BCUT2D eigenvalue weighted by molar-refractivity contribution is 7.10. The van der Waals surface area contributed by atoms with Gasteiger partial charge in [-0.2, -0.15) is 5.10 Å². The first-order valence-corrected chi connectivity index (χ1v) is 8.22. The van der Waals surface area contributed by atoms with E-state index < -0.39 is 11.0 Å². The van der Waals surface area contributed by atoms with E-state index >= 15 is 0 Å². The molecule has 1 fully saturated rings. The van der Waals surface area contributed by atoms with Gasteiger partial charge in [-0.25, -0.2) is 0 Å². The van der Waals surface area contributed by atoms with Crippen LogP contribution in [0.1, 0.15) is 11.0 Å². The fraction of sp³-hybridized carbons (Fsp3) is 0.500. The van der Waals surface area contributed by atoms with Crippen LogP contribution >= 0.6 is 11.3 Å². The topological polar surface area (TPSA) is 93.7 Å². The van der Waals surface area contributed by atoms with E-state index in [1.54, 1.807) is 11.3 Å². The molecule has 0 radical (unpaired) electrons. The summed E-state index contributed by atoms with van der Waals surface area (Å²) in [6, 6.07) is 4.06. The molecule has 2 aromatic rings. The third-order valence-corrected chi connectivity index (χ3v) is 4.67. The van der Waals surface area contributed by atoms with Gasteiger partial charge in [0.1, 0.15) is 18.5 Å². The lowest BCUT2D eigenvalue weighted by molar-refractivity contribution is -0.385. The maximum absolute atomic E-state index is 10.6. The standard InChI is InChI=1S/C14H18N4O4S/c19-12(9-17-7-11(6-15-17)18(20)21)8-16-3-4-22-13(10-16)14-2-1-5-23-14/h1-2,5-7,12-13,19H,3-4,8-10H2. The van der Waals surface area contributed by atoms with Gasteiger partial charge in [-0.3, -0.25) is 19.7 Å². The molecule has 0 aromatic carbocycles. The van der Waals surface area contributed by atoms with Gasteiger partial charge in [-0.1, -0.05) is 6.07 Å². The molecule has 1 saturated heterocycles. The lowest BCUT2D eigenvalue weighted by Gasteiger charge is -2.33. The number of nitro groups is 1. The minimum Gasteiger partial charge on any atom is -0.390 e. The molecular formula is C14H18N4O4S. The molecule has 23 heavy (non-hydrogen) atoms. The van der Waals surface area contributed by atoms with E-state index in [-0.39, 0.29) is 18.3 Å². The van der Waals surface area contributed by atoms with Crippen molar-refractivity contribution in [2.45, 2.75) is 18.8 Å². The van der Waals surface area contributed by atoms with Gasteiger partial charge < -0.3 is 9.84 Å². The van der Waals surface area contributed by atoms with Crippen molar-refractivity contribution < 1.29 is 14.8 Å². The number of nitrogens with zero attached hydrogens (tertiary/aromatic N) is 4. The summed E-state index contributed by atoms with van der Waals surface area (Å²) in [5.41, 5.74) is -0.0682. The Morgan fingerprint density at radius 3 is 3.13 bits per heavy atom. The van der Waals surface area contributed by atoms with Crippen molar-refractivity contribution in [3.63, 3.8) is 0 Å². The van der Waals surface area contributed by atoms with Gasteiger partial charge in [0.05, 0.1) is 24.2 Å². The van der Waals surface area contributed by atoms with Crippen LogP contribution in [0.2, 0.25) is 0 Å². The second-order valence-corrected chi connectivity index (χ2v) is 6.45.